The van der Waals surface area contributed by atoms with Crippen molar-refractivity contribution in [2.75, 3.05) is 17.7 Å². The Morgan fingerprint density at radius 2 is 1.89 bits per heavy atom. The molecule has 0 unspecified atom stereocenters. The van der Waals surface area contributed by atoms with Crippen molar-refractivity contribution in [3.8, 4) is 0 Å². The monoisotopic (exact) mass is 308 g/mol. The van der Waals surface area contributed by atoms with Crippen molar-refractivity contribution in [3.05, 3.63) is 28.2 Å². The van der Waals surface area contributed by atoms with Gasteiger partial charge >= 0.3 is 11.8 Å². The van der Waals surface area contributed by atoms with Gasteiger partial charge in [-0.05, 0) is 24.6 Å². The standard InChI is InChI=1S/C11H11Cl3N2O2/c12-4-1-5-15-10(17)11(18)16-9-6-7(13)2-3-8(9)14/h2-3,6H,1,4-5H2,(H,15,17)(H,16,18). The van der Waals surface area contributed by atoms with Gasteiger partial charge in [0, 0.05) is 17.4 Å². The third-order valence-electron chi connectivity index (χ3n) is 1.98. The SMILES string of the molecule is O=C(NCCCCl)C(=O)Nc1cc(Cl)ccc1Cl. The molecule has 98 valence electrons. The van der Waals surface area contributed by atoms with E-state index in [4.69, 9.17) is 34.8 Å². The smallest absolute Gasteiger partial charge is 0.313 e. The number of carbonyl (C=O) groups excluding carboxylic acids is 2. The van der Waals surface area contributed by atoms with Gasteiger partial charge in [0.2, 0.25) is 0 Å². The fourth-order valence-corrected chi connectivity index (χ4v) is 1.59. The van der Waals surface area contributed by atoms with Gasteiger partial charge in [0.1, 0.15) is 0 Å². The summed E-state index contributed by atoms with van der Waals surface area (Å²) < 4.78 is 0. The number of hydrogen-bond acceptors (Lipinski definition) is 2. The lowest BCUT2D eigenvalue weighted by Crippen LogP contribution is -2.36. The first-order valence-corrected chi connectivity index (χ1v) is 6.44. The largest absolute Gasteiger partial charge is 0.348 e. The Morgan fingerprint density at radius 1 is 1.17 bits per heavy atom. The molecule has 4 nitrogen and oxygen atoms in total. The van der Waals surface area contributed by atoms with E-state index in [1.165, 1.54) is 12.1 Å². The molecule has 0 aliphatic heterocycles. The molecule has 0 fully saturated rings. The van der Waals surface area contributed by atoms with Gasteiger partial charge in [-0.25, -0.2) is 0 Å². The summed E-state index contributed by atoms with van der Waals surface area (Å²) in [7, 11) is 0. The van der Waals surface area contributed by atoms with Crippen molar-refractivity contribution in [1.29, 1.82) is 0 Å². The van der Waals surface area contributed by atoms with Gasteiger partial charge in [-0.1, -0.05) is 23.2 Å². The molecule has 0 bridgehead atoms. The van der Waals surface area contributed by atoms with Gasteiger partial charge in [-0.2, -0.15) is 0 Å². The Hall–Kier alpha value is -0.970. The van der Waals surface area contributed by atoms with Crippen LogP contribution in [0, 0.1) is 0 Å². The summed E-state index contributed by atoms with van der Waals surface area (Å²) in [5, 5.41) is 5.52. The summed E-state index contributed by atoms with van der Waals surface area (Å²) in [5.74, 6) is -1.12. The molecule has 18 heavy (non-hydrogen) atoms. The molecule has 0 aliphatic rings. The van der Waals surface area contributed by atoms with Gasteiger partial charge in [0.25, 0.3) is 0 Å². The van der Waals surface area contributed by atoms with E-state index in [1.54, 1.807) is 6.07 Å². The van der Waals surface area contributed by atoms with Crippen LogP contribution in [-0.4, -0.2) is 24.2 Å². The Morgan fingerprint density at radius 3 is 2.56 bits per heavy atom. The van der Waals surface area contributed by atoms with Crippen molar-refractivity contribution in [2.24, 2.45) is 0 Å². The zero-order valence-corrected chi connectivity index (χ0v) is 11.6. The predicted molar refractivity (Wildman–Crippen MR) is 73.4 cm³/mol. The van der Waals surface area contributed by atoms with Crippen LogP contribution >= 0.6 is 34.8 Å². The van der Waals surface area contributed by atoms with Gasteiger partial charge < -0.3 is 10.6 Å². The van der Waals surface area contributed by atoms with Crippen LogP contribution in [0.2, 0.25) is 10.0 Å². The Balaban J connectivity index is 2.58. The molecule has 7 heteroatoms. The predicted octanol–water partition coefficient (Wildman–Crippen LogP) is 2.68. The normalized spacial score (nSPS) is 9.94. The number of halogens is 3. The minimum Gasteiger partial charge on any atom is -0.348 e. The average Bonchev–Trinajstić information content (AvgIpc) is 2.34. The van der Waals surface area contributed by atoms with Crippen LogP contribution in [0.1, 0.15) is 6.42 Å². The van der Waals surface area contributed by atoms with Crippen LogP contribution in [0.4, 0.5) is 5.69 Å². The highest BCUT2D eigenvalue weighted by atomic mass is 35.5. The van der Waals surface area contributed by atoms with E-state index in [9.17, 15) is 9.59 Å². The number of hydrogen-bond donors (Lipinski definition) is 2. The van der Waals surface area contributed by atoms with E-state index in [-0.39, 0.29) is 0 Å². The maximum absolute atomic E-state index is 11.5. The summed E-state index contributed by atoms with van der Waals surface area (Å²) in [6.45, 7) is 0.346. The molecular formula is C11H11Cl3N2O2. The summed E-state index contributed by atoms with van der Waals surface area (Å²) in [5.41, 5.74) is 0.293. The number of amides is 2. The van der Waals surface area contributed by atoms with E-state index >= 15 is 0 Å². The topological polar surface area (TPSA) is 58.2 Å². The molecule has 0 heterocycles. The van der Waals surface area contributed by atoms with E-state index in [0.29, 0.717) is 34.6 Å². The quantitative estimate of drug-likeness (QED) is 0.510. The highest BCUT2D eigenvalue weighted by Gasteiger charge is 2.14. The Kier molecular flexibility index (Phi) is 6.25. The van der Waals surface area contributed by atoms with Crippen molar-refractivity contribution >= 4 is 52.3 Å². The average molecular weight is 310 g/mol. The highest BCUT2D eigenvalue weighted by Crippen LogP contribution is 2.25. The van der Waals surface area contributed by atoms with Crippen molar-refractivity contribution in [1.82, 2.24) is 5.32 Å². The van der Waals surface area contributed by atoms with E-state index in [1.807, 2.05) is 0 Å². The minimum absolute atomic E-state index is 0.293. The lowest BCUT2D eigenvalue weighted by Gasteiger charge is -2.07. The number of nitrogens with one attached hydrogen (secondary N) is 2. The second-order valence-electron chi connectivity index (χ2n) is 3.38. The summed E-state index contributed by atoms with van der Waals surface area (Å²) >= 11 is 17.1. The molecule has 2 amide bonds. The summed E-state index contributed by atoms with van der Waals surface area (Å²) in [6.07, 6.45) is 0.596. The fraction of sp³-hybridized carbons (Fsp3) is 0.273. The van der Waals surface area contributed by atoms with Gasteiger partial charge in [0.15, 0.2) is 0 Å². The molecule has 0 saturated carbocycles. The summed E-state index contributed by atoms with van der Waals surface area (Å²) in [6, 6.07) is 4.58. The number of alkyl halides is 1. The third-order valence-corrected chi connectivity index (χ3v) is 2.81. The van der Waals surface area contributed by atoms with Gasteiger partial charge in [-0.3, -0.25) is 9.59 Å². The zero-order valence-electron chi connectivity index (χ0n) is 9.30. The van der Waals surface area contributed by atoms with Crippen molar-refractivity contribution < 1.29 is 9.59 Å². The molecular weight excluding hydrogens is 298 g/mol. The van der Waals surface area contributed by atoms with Crippen molar-refractivity contribution in [2.45, 2.75) is 6.42 Å². The minimum atomic E-state index is -0.797. The van der Waals surface area contributed by atoms with Gasteiger partial charge in [0.05, 0.1) is 10.7 Å². The van der Waals surface area contributed by atoms with Crippen LogP contribution < -0.4 is 10.6 Å². The molecule has 0 radical (unpaired) electrons. The maximum atomic E-state index is 11.5. The first kappa shape index (κ1) is 15.1. The van der Waals surface area contributed by atoms with Crippen LogP contribution in [-0.2, 0) is 9.59 Å². The van der Waals surface area contributed by atoms with E-state index in [0.717, 1.165) is 0 Å². The molecule has 0 aromatic heterocycles. The molecule has 0 aliphatic carbocycles. The Labute approximate surface area is 120 Å². The molecule has 0 saturated heterocycles. The second kappa shape index (κ2) is 7.46. The first-order valence-electron chi connectivity index (χ1n) is 5.15. The van der Waals surface area contributed by atoms with E-state index in [2.05, 4.69) is 10.6 Å². The number of anilines is 1. The number of rotatable bonds is 4. The number of benzene rings is 1. The molecule has 1 aromatic carbocycles. The second-order valence-corrected chi connectivity index (χ2v) is 4.60. The van der Waals surface area contributed by atoms with E-state index < -0.39 is 11.8 Å². The zero-order chi connectivity index (χ0) is 13.5. The van der Waals surface area contributed by atoms with Crippen molar-refractivity contribution in [3.63, 3.8) is 0 Å². The highest BCUT2D eigenvalue weighted by molar-refractivity contribution is 6.42. The molecule has 1 rings (SSSR count). The van der Waals surface area contributed by atoms with Crippen LogP contribution in [0.5, 0.6) is 0 Å². The van der Waals surface area contributed by atoms with Crippen LogP contribution in [0.15, 0.2) is 18.2 Å². The fourth-order valence-electron chi connectivity index (χ4n) is 1.12. The molecule has 0 spiro atoms. The maximum Gasteiger partial charge on any atom is 0.313 e. The molecule has 2 N–H and O–H groups in total. The molecule has 0 atom stereocenters. The Bertz CT molecular complexity index is 452. The van der Waals surface area contributed by atoms with Gasteiger partial charge in [-0.15, -0.1) is 11.6 Å². The summed E-state index contributed by atoms with van der Waals surface area (Å²) in [4.78, 5) is 22.9. The first-order chi connectivity index (χ1) is 8.54. The van der Waals surface area contributed by atoms with Crippen LogP contribution in [0.3, 0.4) is 0 Å². The molecule has 1 aromatic rings. The third kappa shape index (κ3) is 4.72. The number of carbonyl (C=O) groups is 2. The lowest BCUT2D eigenvalue weighted by molar-refractivity contribution is -0.136. The lowest BCUT2D eigenvalue weighted by atomic mass is 10.3. The van der Waals surface area contributed by atoms with Crippen LogP contribution in [0.25, 0.3) is 0 Å².